The summed E-state index contributed by atoms with van der Waals surface area (Å²) in [5.41, 5.74) is 1.19. The van der Waals surface area contributed by atoms with E-state index in [0.717, 1.165) is 24.7 Å². The Morgan fingerprint density at radius 2 is 2.20 bits per heavy atom. The smallest absolute Gasteiger partial charge is 0.146 e. The number of hydrogen-bond acceptors (Lipinski definition) is 4. The molecule has 0 aliphatic heterocycles. The minimum absolute atomic E-state index is 0.343. The molecule has 20 heavy (non-hydrogen) atoms. The zero-order chi connectivity index (χ0) is 14.1. The first-order valence-electron chi connectivity index (χ1n) is 7.24. The monoisotopic (exact) mass is 274 g/mol. The summed E-state index contributed by atoms with van der Waals surface area (Å²) < 4.78 is 4.11. The second-order valence-electron chi connectivity index (χ2n) is 5.83. The van der Waals surface area contributed by atoms with Crippen LogP contribution in [0.25, 0.3) is 0 Å². The molecule has 0 aromatic carbocycles. The summed E-state index contributed by atoms with van der Waals surface area (Å²) in [5.74, 6) is 2.79. The summed E-state index contributed by atoms with van der Waals surface area (Å²) in [7, 11) is 2.06. The predicted molar refractivity (Wildman–Crippen MR) is 76.2 cm³/mol. The van der Waals surface area contributed by atoms with Crippen LogP contribution in [0.1, 0.15) is 42.9 Å². The third-order valence-electron chi connectivity index (χ3n) is 3.77. The zero-order valence-electron chi connectivity index (χ0n) is 12.4. The van der Waals surface area contributed by atoms with Crippen molar-refractivity contribution >= 4 is 0 Å². The molecule has 0 amide bonds. The third kappa shape index (κ3) is 2.90. The molecule has 0 bridgehead atoms. The second kappa shape index (κ2) is 5.36. The summed E-state index contributed by atoms with van der Waals surface area (Å²) in [4.78, 5) is 0. The molecule has 108 valence electrons. The Morgan fingerprint density at radius 3 is 2.85 bits per heavy atom. The van der Waals surface area contributed by atoms with Crippen molar-refractivity contribution in [2.75, 3.05) is 0 Å². The van der Waals surface area contributed by atoms with Crippen LogP contribution in [0, 0.1) is 6.92 Å². The highest BCUT2D eigenvalue weighted by Gasteiger charge is 2.29. The SMILES string of the molecule is Cc1cnn(CC(C)NCc2nnc(C3CC3)n2C)c1. The molecular formula is C14H22N6. The summed E-state index contributed by atoms with van der Waals surface area (Å²) in [5, 5.41) is 16.4. The van der Waals surface area contributed by atoms with Crippen LogP contribution in [-0.2, 0) is 20.1 Å². The average molecular weight is 274 g/mol. The summed E-state index contributed by atoms with van der Waals surface area (Å²) in [6, 6.07) is 0.343. The van der Waals surface area contributed by atoms with Gasteiger partial charge < -0.3 is 9.88 Å². The quantitative estimate of drug-likeness (QED) is 0.864. The van der Waals surface area contributed by atoms with Crippen LogP contribution >= 0.6 is 0 Å². The number of nitrogens with one attached hydrogen (secondary N) is 1. The van der Waals surface area contributed by atoms with Gasteiger partial charge in [0.15, 0.2) is 0 Å². The van der Waals surface area contributed by atoms with Crippen LogP contribution in [0.3, 0.4) is 0 Å². The first-order chi connectivity index (χ1) is 9.63. The van der Waals surface area contributed by atoms with E-state index in [2.05, 4.69) is 52.3 Å². The lowest BCUT2D eigenvalue weighted by Crippen LogP contribution is -2.31. The largest absolute Gasteiger partial charge is 0.317 e. The van der Waals surface area contributed by atoms with E-state index in [4.69, 9.17) is 0 Å². The molecule has 1 atom stereocenters. The zero-order valence-corrected chi connectivity index (χ0v) is 12.4. The average Bonchev–Trinajstić information content (AvgIpc) is 3.07. The fraction of sp³-hybridized carbons (Fsp3) is 0.643. The van der Waals surface area contributed by atoms with Gasteiger partial charge in [0.1, 0.15) is 11.6 Å². The van der Waals surface area contributed by atoms with Crippen LogP contribution in [0.15, 0.2) is 12.4 Å². The Bertz CT molecular complexity index is 580. The van der Waals surface area contributed by atoms with E-state index in [1.807, 2.05) is 10.9 Å². The summed E-state index contributed by atoms with van der Waals surface area (Å²) in [6.07, 6.45) is 6.46. The molecule has 1 aliphatic rings. The van der Waals surface area contributed by atoms with Crippen LogP contribution in [0.5, 0.6) is 0 Å². The number of rotatable bonds is 6. The highest BCUT2D eigenvalue weighted by Crippen LogP contribution is 2.38. The molecule has 1 aliphatic carbocycles. The predicted octanol–water partition coefficient (Wildman–Crippen LogP) is 1.38. The van der Waals surface area contributed by atoms with E-state index in [-0.39, 0.29) is 0 Å². The van der Waals surface area contributed by atoms with Crippen molar-refractivity contribution in [3.8, 4) is 0 Å². The molecule has 2 aromatic rings. The van der Waals surface area contributed by atoms with Gasteiger partial charge in [0, 0.05) is 25.2 Å². The number of nitrogens with zero attached hydrogens (tertiary/aromatic N) is 5. The fourth-order valence-electron chi connectivity index (χ4n) is 2.40. The van der Waals surface area contributed by atoms with E-state index in [9.17, 15) is 0 Å². The van der Waals surface area contributed by atoms with Crippen molar-refractivity contribution < 1.29 is 0 Å². The Hall–Kier alpha value is -1.69. The van der Waals surface area contributed by atoms with Crippen molar-refractivity contribution in [1.29, 1.82) is 0 Å². The van der Waals surface area contributed by atoms with Crippen LogP contribution in [-0.4, -0.2) is 30.6 Å². The normalized spacial score (nSPS) is 16.6. The Kier molecular flexibility index (Phi) is 3.56. The number of hydrogen-bond donors (Lipinski definition) is 1. The maximum Gasteiger partial charge on any atom is 0.146 e. The molecule has 6 nitrogen and oxygen atoms in total. The molecule has 3 rings (SSSR count). The van der Waals surface area contributed by atoms with Crippen LogP contribution in [0.2, 0.25) is 0 Å². The standard InChI is InChI=1S/C14H22N6/c1-10-6-16-20(8-10)9-11(2)15-7-13-17-18-14(19(13)3)12-4-5-12/h6,8,11-12,15H,4-5,7,9H2,1-3H3. The minimum atomic E-state index is 0.343. The van der Waals surface area contributed by atoms with Gasteiger partial charge in [0.2, 0.25) is 0 Å². The molecule has 2 aromatic heterocycles. The first kappa shape index (κ1) is 13.3. The number of aryl methyl sites for hydroxylation is 1. The van der Waals surface area contributed by atoms with Gasteiger partial charge in [0.05, 0.1) is 19.3 Å². The first-order valence-corrected chi connectivity index (χ1v) is 7.24. The van der Waals surface area contributed by atoms with Gasteiger partial charge in [-0.2, -0.15) is 5.10 Å². The second-order valence-corrected chi connectivity index (χ2v) is 5.83. The molecule has 0 radical (unpaired) electrons. The van der Waals surface area contributed by atoms with Gasteiger partial charge in [-0.25, -0.2) is 0 Å². The van der Waals surface area contributed by atoms with Crippen molar-refractivity contribution in [3.05, 3.63) is 29.6 Å². The van der Waals surface area contributed by atoms with Gasteiger partial charge in [-0.1, -0.05) is 0 Å². The minimum Gasteiger partial charge on any atom is -0.317 e. The van der Waals surface area contributed by atoms with Gasteiger partial charge in [-0.05, 0) is 32.3 Å². The fourth-order valence-corrected chi connectivity index (χ4v) is 2.40. The lowest BCUT2D eigenvalue weighted by Gasteiger charge is -2.13. The van der Waals surface area contributed by atoms with E-state index < -0.39 is 0 Å². The van der Waals surface area contributed by atoms with E-state index in [1.54, 1.807) is 0 Å². The summed E-state index contributed by atoms with van der Waals surface area (Å²) in [6.45, 7) is 5.83. The van der Waals surface area contributed by atoms with Crippen molar-refractivity contribution in [3.63, 3.8) is 0 Å². The van der Waals surface area contributed by atoms with Gasteiger partial charge in [-0.15, -0.1) is 10.2 Å². The van der Waals surface area contributed by atoms with Crippen LogP contribution in [0.4, 0.5) is 0 Å². The molecule has 0 saturated heterocycles. The van der Waals surface area contributed by atoms with E-state index in [1.165, 1.54) is 18.4 Å². The van der Waals surface area contributed by atoms with Gasteiger partial charge >= 0.3 is 0 Å². The topological polar surface area (TPSA) is 60.6 Å². The van der Waals surface area contributed by atoms with Crippen molar-refractivity contribution in [1.82, 2.24) is 29.9 Å². The van der Waals surface area contributed by atoms with Crippen molar-refractivity contribution in [2.24, 2.45) is 7.05 Å². The molecule has 2 heterocycles. The lowest BCUT2D eigenvalue weighted by atomic mass is 10.3. The van der Waals surface area contributed by atoms with E-state index >= 15 is 0 Å². The Balaban J connectivity index is 1.53. The molecule has 6 heteroatoms. The van der Waals surface area contributed by atoms with E-state index in [0.29, 0.717) is 12.0 Å². The highest BCUT2D eigenvalue weighted by molar-refractivity contribution is 5.07. The maximum atomic E-state index is 4.31. The Labute approximate surface area is 119 Å². The van der Waals surface area contributed by atoms with Crippen molar-refractivity contribution in [2.45, 2.75) is 51.7 Å². The van der Waals surface area contributed by atoms with Gasteiger partial charge in [-0.3, -0.25) is 4.68 Å². The molecule has 1 N–H and O–H groups in total. The molecule has 0 spiro atoms. The summed E-state index contributed by atoms with van der Waals surface area (Å²) >= 11 is 0. The molecule has 1 fully saturated rings. The molecular weight excluding hydrogens is 252 g/mol. The highest BCUT2D eigenvalue weighted by atomic mass is 15.3. The molecule has 1 unspecified atom stereocenters. The molecule has 1 saturated carbocycles. The van der Waals surface area contributed by atoms with Gasteiger partial charge in [0.25, 0.3) is 0 Å². The van der Waals surface area contributed by atoms with Crippen LogP contribution < -0.4 is 5.32 Å². The third-order valence-corrected chi connectivity index (χ3v) is 3.77. The maximum absolute atomic E-state index is 4.31. The lowest BCUT2D eigenvalue weighted by molar-refractivity contribution is 0.442. The Morgan fingerprint density at radius 1 is 1.40 bits per heavy atom. The number of aromatic nitrogens is 5.